The Kier molecular flexibility index (Phi) is 6.39. The number of amides is 1. The maximum atomic E-state index is 11.7. The number of rotatable bonds is 5. The van der Waals surface area contributed by atoms with Gasteiger partial charge in [-0.15, -0.1) is 0 Å². The van der Waals surface area contributed by atoms with Gasteiger partial charge in [-0.1, -0.05) is 59.9 Å². The van der Waals surface area contributed by atoms with Gasteiger partial charge in [-0.2, -0.15) is 0 Å². The summed E-state index contributed by atoms with van der Waals surface area (Å²) in [5, 5.41) is 2.58. The van der Waals surface area contributed by atoms with E-state index in [1.54, 1.807) is 12.1 Å². The molecule has 1 atom stereocenters. The van der Waals surface area contributed by atoms with Crippen LogP contribution in [-0.4, -0.2) is 15.7 Å². The van der Waals surface area contributed by atoms with E-state index in [1.807, 2.05) is 30.3 Å². The third-order valence-corrected chi connectivity index (χ3v) is 4.24. The van der Waals surface area contributed by atoms with Gasteiger partial charge >= 0.3 is 0 Å². The molecular weight excluding hydrogens is 367 g/mol. The molecule has 1 unspecified atom stereocenters. The van der Waals surface area contributed by atoms with Crippen molar-refractivity contribution in [2.24, 2.45) is 0 Å². The maximum Gasteiger partial charge on any atom is 0.276 e. The number of benzene rings is 2. The molecule has 1 N–H and O–H groups in total. The summed E-state index contributed by atoms with van der Waals surface area (Å²) in [6.07, 6.45) is 1.00. The average Bonchev–Trinajstić information content (AvgIpc) is 2.56. The number of carbonyl (C=O) groups excluding carboxylic acids is 1. The topological polar surface area (TPSA) is 32.3 Å². The quantitative estimate of drug-likeness (QED) is 0.647. The minimum absolute atomic E-state index is 0.328. The number of alkyl halides is 3. The Bertz CT molecular complexity index is 669. The highest BCUT2D eigenvalue weighted by Crippen LogP contribution is 2.31. The Hall–Kier alpha value is -1.42. The van der Waals surface area contributed by atoms with E-state index in [1.165, 1.54) is 0 Å². The van der Waals surface area contributed by atoms with Crippen LogP contribution in [0, 0.1) is 0 Å². The normalized spacial score (nSPS) is 12.5. The SMILES string of the molecule is CCC(C)N(c1ccccc1)c1ccc(NC(=O)C(Cl)(Cl)Cl)cc1. The van der Waals surface area contributed by atoms with Crippen LogP contribution in [0.15, 0.2) is 54.6 Å². The van der Waals surface area contributed by atoms with Gasteiger partial charge < -0.3 is 10.2 Å². The molecule has 2 rings (SSSR count). The largest absolute Gasteiger partial charge is 0.339 e. The molecule has 6 heteroatoms. The molecular formula is C18H19Cl3N2O. The van der Waals surface area contributed by atoms with Crippen LogP contribution in [0.1, 0.15) is 20.3 Å². The molecule has 0 saturated carbocycles. The summed E-state index contributed by atoms with van der Waals surface area (Å²) in [6.45, 7) is 4.32. The Morgan fingerprint density at radius 1 is 1.04 bits per heavy atom. The monoisotopic (exact) mass is 384 g/mol. The number of hydrogen-bond donors (Lipinski definition) is 1. The first-order valence-electron chi connectivity index (χ1n) is 7.65. The molecule has 2 aromatic carbocycles. The zero-order chi connectivity index (χ0) is 17.7. The molecule has 3 nitrogen and oxygen atoms in total. The lowest BCUT2D eigenvalue weighted by molar-refractivity contribution is -0.115. The molecule has 0 aliphatic carbocycles. The molecule has 0 heterocycles. The fourth-order valence-corrected chi connectivity index (χ4v) is 2.48. The molecule has 0 saturated heterocycles. The fraction of sp³-hybridized carbons (Fsp3) is 0.278. The molecule has 128 valence electrons. The highest BCUT2D eigenvalue weighted by atomic mass is 35.6. The zero-order valence-electron chi connectivity index (χ0n) is 13.5. The summed E-state index contributed by atoms with van der Waals surface area (Å²) in [5.41, 5.74) is 2.72. The van der Waals surface area contributed by atoms with Crippen LogP contribution in [0.3, 0.4) is 0 Å². The van der Waals surface area contributed by atoms with Crippen molar-refractivity contribution >= 4 is 57.8 Å². The summed E-state index contributed by atoms with van der Waals surface area (Å²) < 4.78 is -1.98. The highest BCUT2D eigenvalue weighted by Gasteiger charge is 2.30. The van der Waals surface area contributed by atoms with E-state index in [0.717, 1.165) is 17.8 Å². The predicted molar refractivity (Wildman–Crippen MR) is 104 cm³/mol. The highest BCUT2D eigenvalue weighted by molar-refractivity contribution is 6.76. The van der Waals surface area contributed by atoms with Crippen molar-refractivity contribution in [2.75, 3.05) is 10.2 Å². The van der Waals surface area contributed by atoms with E-state index in [0.29, 0.717) is 11.7 Å². The number of hydrogen-bond acceptors (Lipinski definition) is 2. The number of carbonyl (C=O) groups is 1. The summed E-state index contributed by atoms with van der Waals surface area (Å²) in [7, 11) is 0. The molecule has 0 spiro atoms. The lowest BCUT2D eigenvalue weighted by Crippen LogP contribution is -2.28. The fourth-order valence-electron chi connectivity index (χ4n) is 2.34. The van der Waals surface area contributed by atoms with E-state index in [4.69, 9.17) is 34.8 Å². The second kappa shape index (κ2) is 8.11. The van der Waals surface area contributed by atoms with Crippen molar-refractivity contribution in [3.8, 4) is 0 Å². The number of nitrogens with zero attached hydrogens (tertiary/aromatic N) is 1. The van der Waals surface area contributed by atoms with Gasteiger partial charge in [-0.25, -0.2) is 0 Å². The summed E-state index contributed by atoms with van der Waals surface area (Å²) in [6, 6.07) is 18.0. The first-order valence-corrected chi connectivity index (χ1v) is 8.79. The van der Waals surface area contributed by atoms with Gasteiger partial charge in [0.15, 0.2) is 0 Å². The van der Waals surface area contributed by atoms with E-state index in [-0.39, 0.29) is 0 Å². The van der Waals surface area contributed by atoms with Gasteiger partial charge in [0.1, 0.15) is 0 Å². The van der Waals surface area contributed by atoms with Crippen molar-refractivity contribution in [2.45, 2.75) is 30.1 Å². The molecule has 2 aromatic rings. The van der Waals surface area contributed by atoms with Crippen LogP contribution >= 0.6 is 34.8 Å². The first-order chi connectivity index (χ1) is 11.3. The lowest BCUT2D eigenvalue weighted by Gasteiger charge is -2.31. The number of anilines is 3. The molecule has 0 aromatic heterocycles. The van der Waals surface area contributed by atoms with Crippen LogP contribution in [0.25, 0.3) is 0 Å². The Morgan fingerprint density at radius 2 is 1.58 bits per heavy atom. The van der Waals surface area contributed by atoms with E-state index in [2.05, 4.69) is 36.2 Å². The smallest absolute Gasteiger partial charge is 0.276 e. The first kappa shape index (κ1) is 18.9. The predicted octanol–water partition coefficient (Wildman–Crippen LogP) is 5.93. The molecule has 24 heavy (non-hydrogen) atoms. The van der Waals surface area contributed by atoms with Crippen molar-refractivity contribution in [3.63, 3.8) is 0 Å². The second-order valence-corrected chi connectivity index (χ2v) is 7.74. The summed E-state index contributed by atoms with van der Waals surface area (Å²) in [5.74, 6) is -0.679. The minimum atomic E-state index is -1.98. The molecule has 0 fully saturated rings. The Morgan fingerprint density at radius 3 is 2.08 bits per heavy atom. The van der Waals surface area contributed by atoms with Crippen molar-refractivity contribution in [3.05, 3.63) is 54.6 Å². The second-order valence-electron chi connectivity index (χ2n) is 5.46. The summed E-state index contributed by atoms with van der Waals surface area (Å²) in [4.78, 5) is 14.0. The number of halogens is 3. The van der Waals surface area contributed by atoms with Crippen molar-refractivity contribution in [1.29, 1.82) is 0 Å². The van der Waals surface area contributed by atoms with E-state index >= 15 is 0 Å². The standard InChI is InChI=1S/C18H19Cl3N2O/c1-3-13(2)23(15-7-5-4-6-8-15)16-11-9-14(10-12-16)22-17(24)18(19,20)21/h4-13H,3H2,1-2H3,(H,22,24). The van der Waals surface area contributed by atoms with Gasteiger partial charge in [0, 0.05) is 23.1 Å². The van der Waals surface area contributed by atoms with Crippen LogP contribution < -0.4 is 10.2 Å². The molecule has 0 bridgehead atoms. The van der Waals surface area contributed by atoms with Gasteiger partial charge in [-0.05, 0) is 49.7 Å². The third-order valence-electron chi connectivity index (χ3n) is 3.73. The van der Waals surface area contributed by atoms with Crippen molar-refractivity contribution < 1.29 is 4.79 Å². The van der Waals surface area contributed by atoms with Crippen LogP contribution in [0.2, 0.25) is 0 Å². The van der Waals surface area contributed by atoms with Gasteiger partial charge in [0.2, 0.25) is 0 Å². The summed E-state index contributed by atoms with van der Waals surface area (Å²) >= 11 is 16.7. The lowest BCUT2D eigenvalue weighted by atomic mass is 10.1. The Balaban J connectivity index is 2.25. The minimum Gasteiger partial charge on any atom is -0.339 e. The molecule has 0 aliphatic heterocycles. The van der Waals surface area contributed by atoms with Gasteiger partial charge in [0.25, 0.3) is 9.70 Å². The van der Waals surface area contributed by atoms with Gasteiger partial charge in [0.05, 0.1) is 0 Å². The van der Waals surface area contributed by atoms with Crippen LogP contribution in [-0.2, 0) is 4.79 Å². The van der Waals surface area contributed by atoms with E-state index < -0.39 is 9.70 Å². The van der Waals surface area contributed by atoms with Crippen LogP contribution in [0.4, 0.5) is 17.1 Å². The molecule has 0 aliphatic rings. The van der Waals surface area contributed by atoms with Crippen molar-refractivity contribution in [1.82, 2.24) is 0 Å². The molecule has 1 amide bonds. The Labute approximate surface area is 157 Å². The third kappa shape index (κ3) is 4.79. The number of nitrogens with one attached hydrogen (secondary N) is 1. The molecule has 0 radical (unpaired) electrons. The number of para-hydroxylation sites is 1. The van der Waals surface area contributed by atoms with Crippen LogP contribution in [0.5, 0.6) is 0 Å². The zero-order valence-corrected chi connectivity index (χ0v) is 15.7. The van der Waals surface area contributed by atoms with E-state index in [9.17, 15) is 4.79 Å². The maximum absolute atomic E-state index is 11.7. The average molecular weight is 386 g/mol. The van der Waals surface area contributed by atoms with Gasteiger partial charge in [-0.3, -0.25) is 4.79 Å².